The van der Waals surface area contributed by atoms with E-state index in [-0.39, 0.29) is 11.1 Å². The molecule has 0 fully saturated rings. The van der Waals surface area contributed by atoms with Crippen molar-refractivity contribution in [1.82, 2.24) is 11.0 Å². The zero-order chi connectivity index (χ0) is 16.7. The first-order valence-corrected chi connectivity index (χ1v) is 7.64. The van der Waals surface area contributed by atoms with Crippen molar-refractivity contribution in [2.24, 2.45) is 0 Å². The quantitative estimate of drug-likeness (QED) is 0.760. The lowest BCUT2D eigenvalue weighted by atomic mass is 10.2. The van der Waals surface area contributed by atoms with Crippen molar-refractivity contribution in [2.75, 3.05) is 0 Å². The van der Waals surface area contributed by atoms with Gasteiger partial charge in [0.05, 0.1) is 0 Å². The van der Waals surface area contributed by atoms with Gasteiger partial charge in [0.15, 0.2) is 0 Å². The Morgan fingerprint density at radius 1 is 0.696 bits per heavy atom. The van der Waals surface area contributed by atoms with Crippen molar-refractivity contribution in [3.05, 3.63) is 71.8 Å². The molecule has 0 aromatic heterocycles. The molecule has 0 aliphatic heterocycles. The highest BCUT2D eigenvalue weighted by Gasteiger charge is 2.18. The van der Waals surface area contributed by atoms with Crippen LogP contribution in [0.25, 0.3) is 0 Å². The molecule has 120 valence electrons. The van der Waals surface area contributed by atoms with Crippen molar-refractivity contribution in [3.8, 4) is 0 Å². The molecular formula is C14H12N2O6S. The van der Waals surface area contributed by atoms with Crippen LogP contribution < -0.4 is 11.0 Å². The summed E-state index contributed by atoms with van der Waals surface area (Å²) < 4.78 is 31.2. The van der Waals surface area contributed by atoms with Crippen LogP contribution in [0.5, 0.6) is 0 Å². The lowest BCUT2D eigenvalue weighted by Gasteiger charge is -2.07. The first kappa shape index (κ1) is 16.6. The number of benzene rings is 2. The average molecular weight is 336 g/mol. The Morgan fingerprint density at radius 3 is 1.39 bits per heavy atom. The largest absolute Gasteiger partial charge is 0.442 e. The average Bonchev–Trinajstić information content (AvgIpc) is 2.59. The van der Waals surface area contributed by atoms with Crippen molar-refractivity contribution >= 4 is 22.2 Å². The van der Waals surface area contributed by atoms with Crippen LogP contribution in [0.15, 0.2) is 60.7 Å². The van der Waals surface area contributed by atoms with E-state index in [9.17, 15) is 18.0 Å². The number of carbonyl (C=O) groups is 2. The maximum Gasteiger partial charge on any atom is 0.442 e. The van der Waals surface area contributed by atoms with Crippen LogP contribution in [0.4, 0.5) is 0 Å². The Morgan fingerprint density at radius 2 is 1.04 bits per heavy atom. The molecule has 0 aliphatic carbocycles. The van der Waals surface area contributed by atoms with E-state index in [0.29, 0.717) is 0 Å². The molecule has 2 amide bonds. The number of nitrogens with one attached hydrogen (secondary N) is 2. The summed E-state index contributed by atoms with van der Waals surface area (Å²) in [5, 5.41) is 0. The molecule has 0 saturated carbocycles. The van der Waals surface area contributed by atoms with Gasteiger partial charge >= 0.3 is 10.4 Å². The van der Waals surface area contributed by atoms with E-state index in [0.717, 1.165) is 0 Å². The van der Waals surface area contributed by atoms with E-state index in [1.165, 1.54) is 24.3 Å². The van der Waals surface area contributed by atoms with Gasteiger partial charge in [-0.2, -0.15) is 8.42 Å². The summed E-state index contributed by atoms with van der Waals surface area (Å²) in [6.07, 6.45) is 0. The Balaban J connectivity index is 1.85. The van der Waals surface area contributed by atoms with Crippen LogP contribution in [0.2, 0.25) is 0 Å². The third-order valence-corrected chi connectivity index (χ3v) is 3.12. The molecule has 9 heteroatoms. The lowest BCUT2D eigenvalue weighted by Crippen LogP contribution is -2.33. The monoisotopic (exact) mass is 336 g/mol. The summed E-state index contributed by atoms with van der Waals surface area (Å²) >= 11 is 0. The van der Waals surface area contributed by atoms with E-state index in [4.69, 9.17) is 0 Å². The Kier molecular flexibility index (Phi) is 5.41. The Hall–Kier alpha value is -2.75. The molecule has 0 atom stereocenters. The van der Waals surface area contributed by atoms with Gasteiger partial charge in [-0.15, -0.1) is 8.57 Å². The van der Waals surface area contributed by atoms with Gasteiger partial charge in [-0.1, -0.05) is 36.4 Å². The van der Waals surface area contributed by atoms with Gasteiger partial charge in [0, 0.05) is 11.1 Å². The molecule has 0 bridgehead atoms. The first-order chi connectivity index (χ1) is 11.0. The minimum atomic E-state index is -4.65. The van der Waals surface area contributed by atoms with E-state index in [2.05, 4.69) is 8.57 Å². The fraction of sp³-hybridized carbons (Fsp3) is 0. The third-order valence-electron chi connectivity index (χ3n) is 2.54. The summed E-state index contributed by atoms with van der Waals surface area (Å²) in [7, 11) is -4.65. The van der Waals surface area contributed by atoms with E-state index >= 15 is 0 Å². The van der Waals surface area contributed by atoms with Gasteiger partial charge in [0.1, 0.15) is 0 Å². The molecule has 2 rings (SSSR count). The maximum atomic E-state index is 11.6. The number of hydrogen-bond donors (Lipinski definition) is 2. The van der Waals surface area contributed by atoms with Crippen molar-refractivity contribution < 1.29 is 26.6 Å². The van der Waals surface area contributed by atoms with Crippen LogP contribution in [0.3, 0.4) is 0 Å². The number of hydroxylamine groups is 2. The van der Waals surface area contributed by atoms with Gasteiger partial charge in [0.2, 0.25) is 0 Å². The van der Waals surface area contributed by atoms with Crippen molar-refractivity contribution in [1.29, 1.82) is 0 Å². The van der Waals surface area contributed by atoms with Crippen LogP contribution in [-0.4, -0.2) is 20.2 Å². The predicted molar refractivity (Wildman–Crippen MR) is 78.9 cm³/mol. The van der Waals surface area contributed by atoms with Crippen molar-refractivity contribution in [3.63, 3.8) is 0 Å². The highest BCUT2D eigenvalue weighted by molar-refractivity contribution is 7.81. The number of rotatable bonds is 6. The highest BCUT2D eigenvalue weighted by Crippen LogP contribution is 2.01. The molecule has 0 unspecified atom stereocenters. The highest BCUT2D eigenvalue weighted by atomic mass is 32.3. The summed E-state index contributed by atoms with van der Waals surface area (Å²) in [5.41, 5.74) is 3.78. The number of amides is 2. The SMILES string of the molecule is O=C(NOS(=O)(=O)ONC(=O)c1ccccc1)c1ccccc1. The zero-order valence-corrected chi connectivity index (χ0v) is 12.4. The lowest BCUT2D eigenvalue weighted by molar-refractivity contribution is 0.0601. The van der Waals surface area contributed by atoms with Crippen LogP contribution in [-0.2, 0) is 19.0 Å². The molecule has 0 aliphatic rings. The molecule has 2 N–H and O–H groups in total. The maximum absolute atomic E-state index is 11.6. The summed E-state index contributed by atoms with van der Waals surface area (Å²) in [4.78, 5) is 23.2. The first-order valence-electron chi connectivity index (χ1n) is 6.30. The second-order valence-corrected chi connectivity index (χ2v) is 5.32. The molecular weight excluding hydrogens is 324 g/mol. The van der Waals surface area contributed by atoms with E-state index in [1.54, 1.807) is 47.4 Å². The van der Waals surface area contributed by atoms with Gasteiger partial charge in [0.25, 0.3) is 11.8 Å². The second-order valence-electron chi connectivity index (χ2n) is 4.17. The normalized spacial score (nSPS) is 10.8. The summed E-state index contributed by atoms with van der Waals surface area (Å²) in [6.45, 7) is 0. The molecule has 0 heterocycles. The Labute approximate surface area is 132 Å². The van der Waals surface area contributed by atoms with E-state index < -0.39 is 22.2 Å². The molecule has 0 spiro atoms. The molecule has 23 heavy (non-hydrogen) atoms. The van der Waals surface area contributed by atoms with Gasteiger partial charge in [-0.3, -0.25) is 9.59 Å². The molecule has 2 aromatic rings. The number of carbonyl (C=O) groups excluding carboxylic acids is 2. The van der Waals surface area contributed by atoms with E-state index in [1.807, 2.05) is 0 Å². The molecule has 0 radical (unpaired) electrons. The van der Waals surface area contributed by atoms with Crippen LogP contribution >= 0.6 is 0 Å². The number of hydrogen-bond acceptors (Lipinski definition) is 6. The molecule has 8 nitrogen and oxygen atoms in total. The van der Waals surface area contributed by atoms with Crippen LogP contribution in [0.1, 0.15) is 20.7 Å². The van der Waals surface area contributed by atoms with Gasteiger partial charge < -0.3 is 0 Å². The fourth-order valence-electron chi connectivity index (χ4n) is 1.49. The summed E-state index contributed by atoms with van der Waals surface area (Å²) in [6, 6.07) is 15.6. The molecule has 2 aromatic carbocycles. The predicted octanol–water partition coefficient (Wildman–Crippen LogP) is 0.954. The van der Waals surface area contributed by atoms with Crippen LogP contribution in [0, 0.1) is 0 Å². The topological polar surface area (TPSA) is 111 Å². The minimum absolute atomic E-state index is 0.191. The van der Waals surface area contributed by atoms with Gasteiger partial charge in [-0.25, -0.2) is 11.0 Å². The zero-order valence-electron chi connectivity index (χ0n) is 11.6. The second kappa shape index (κ2) is 7.49. The Bertz CT molecular complexity index is 716. The summed E-state index contributed by atoms with van der Waals surface area (Å²) in [5.74, 6) is -1.57. The minimum Gasteiger partial charge on any atom is -0.267 e. The standard InChI is InChI=1S/C14H12N2O6S/c17-13(11-7-3-1-4-8-11)15-21-23(19,20)22-16-14(18)12-9-5-2-6-10-12/h1-10H,(H,15,17)(H,16,18). The molecule has 0 saturated heterocycles. The van der Waals surface area contributed by atoms with Crippen molar-refractivity contribution in [2.45, 2.75) is 0 Å². The smallest absolute Gasteiger partial charge is 0.267 e. The third kappa shape index (κ3) is 5.18. The van der Waals surface area contributed by atoms with Gasteiger partial charge in [-0.05, 0) is 24.3 Å². The fourth-order valence-corrected chi connectivity index (χ4v) is 1.88.